The van der Waals surface area contributed by atoms with Gasteiger partial charge in [0, 0.05) is 18.2 Å². The molecule has 0 radical (unpaired) electrons. The molecule has 3 rings (SSSR count). The number of halogens is 1. The van der Waals surface area contributed by atoms with Gasteiger partial charge >= 0.3 is 5.69 Å². The Labute approximate surface area is 164 Å². The Morgan fingerprint density at radius 1 is 1.14 bits per heavy atom. The fourth-order valence-electron chi connectivity index (χ4n) is 2.84. The van der Waals surface area contributed by atoms with E-state index >= 15 is 0 Å². The maximum Gasteiger partial charge on any atom is 0.328 e. The molecule has 8 nitrogen and oxygen atoms in total. The fraction of sp³-hybridized carbons (Fsp3) is 0.211. The summed E-state index contributed by atoms with van der Waals surface area (Å²) in [5.74, 6) is 0.323. The van der Waals surface area contributed by atoms with Crippen LogP contribution in [-0.4, -0.2) is 29.7 Å². The number of ether oxygens (including phenoxy) is 2. The van der Waals surface area contributed by atoms with Crippen molar-refractivity contribution >= 4 is 34.1 Å². The molecule has 1 heterocycles. The second-order valence-electron chi connectivity index (χ2n) is 5.88. The van der Waals surface area contributed by atoms with Gasteiger partial charge in [-0.2, -0.15) is 0 Å². The molecule has 0 fully saturated rings. The van der Waals surface area contributed by atoms with E-state index in [1.165, 1.54) is 38.5 Å². The molecule has 0 unspecified atom stereocenters. The van der Waals surface area contributed by atoms with Crippen LogP contribution in [0.1, 0.15) is 17.3 Å². The minimum absolute atomic E-state index is 0.254. The highest BCUT2D eigenvalue weighted by Gasteiger charge is 2.15. The van der Waals surface area contributed by atoms with E-state index in [0.717, 1.165) is 4.57 Å². The van der Waals surface area contributed by atoms with Crippen LogP contribution in [0.5, 0.6) is 11.5 Å². The molecular weight excluding hydrogens is 386 g/mol. The summed E-state index contributed by atoms with van der Waals surface area (Å²) in [5.41, 5.74) is -0.0378. The average Bonchev–Trinajstić information content (AvgIpc) is 2.68. The van der Waals surface area contributed by atoms with E-state index in [9.17, 15) is 14.4 Å². The van der Waals surface area contributed by atoms with Crippen LogP contribution in [0.4, 0.5) is 5.69 Å². The van der Waals surface area contributed by atoms with Crippen molar-refractivity contribution in [2.24, 2.45) is 0 Å². The lowest BCUT2D eigenvalue weighted by Gasteiger charge is -2.13. The number of rotatable bonds is 5. The third kappa shape index (κ3) is 3.46. The van der Waals surface area contributed by atoms with E-state index in [0.29, 0.717) is 27.6 Å². The van der Waals surface area contributed by atoms with E-state index < -0.39 is 17.2 Å². The molecule has 28 heavy (non-hydrogen) atoms. The van der Waals surface area contributed by atoms with Gasteiger partial charge < -0.3 is 19.8 Å². The van der Waals surface area contributed by atoms with Gasteiger partial charge in [0.05, 0.1) is 35.8 Å². The maximum absolute atomic E-state index is 12.7. The first-order valence-corrected chi connectivity index (χ1v) is 8.77. The van der Waals surface area contributed by atoms with Crippen LogP contribution in [0.15, 0.2) is 39.9 Å². The van der Waals surface area contributed by atoms with Crippen molar-refractivity contribution in [3.63, 3.8) is 0 Å². The zero-order chi connectivity index (χ0) is 20.4. The Morgan fingerprint density at radius 2 is 1.86 bits per heavy atom. The smallest absolute Gasteiger partial charge is 0.328 e. The standard InChI is InChI=1S/C19H18ClN3O5/c1-4-23-18(25)11-6-5-10(7-13(11)22-19(23)26)17(24)21-14-8-12(20)15(27-2)9-16(14)28-3/h5-9H,4H2,1-3H3,(H,21,24)(H,22,26). The number of nitrogens with one attached hydrogen (secondary N) is 2. The zero-order valence-electron chi connectivity index (χ0n) is 15.5. The van der Waals surface area contributed by atoms with E-state index in [1.54, 1.807) is 13.0 Å². The number of benzene rings is 2. The molecule has 9 heteroatoms. The number of hydrogen-bond donors (Lipinski definition) is 2. The SMILES string of the molecule is CCn1c(=O)[nH]c2cc(C(=O)Nc3cc(Cl)c(OC)cc3OC)ccc2c1=O. The molecule has 0 aliphatic rings. The predicted octanol–water partition coefficient (Wildman–Crippen LogP) is 2.63. The monoisotopic (exact) mass is 403 g/mol. The normalized spacial score (nSPS) is 10.7. The van der Waals surface area contributed by atoms with Crippen LogP contribution < -0.4 is 26.0 Å². The molecule has 2 N–H and O–H groups in total. The predicted molar refractivity (Wildman–Crippen MR) is 107 cm³/mol. The Kier molecular flexibility index (Phi) is 5.41. The van der Waals surface area contributed by atoms with Crippen molar-refractivity contribution < 1.29 is 14.3 Å². The lowest BCUT2D eigenvalue weighted by molar-refractivity contribution is 0.102. The molecule has 0 spiro atoms. The van der Waals surface area contributed by atoms with Crippen LogP contribution in [0.25, 0.3) is 10.9 Å². The lowest BCUT2D eigenvalue weighted by Crippen LogP contribution is -2.34. The molecule has 3 aromatic rings. The second kappa shape index (κ2) is 7.77. The van der Waals surface area contributed by atoms with E-state index in [2.05, 4.69) is 10.3 Å². The van der Waals surface area contributed by atoms with Crippen LogP contribution in [-0.2, 0) is 6.54 Å². The number of H-pyrrole nitrogens is 1. The summed E-state index contributed by atoms with van der Waals surface area (Å²) in [6.45, 7) is 1.96. The van der Waals surface area contributed by atoms with E-state index in [-0.39, 0.29) is 17.6 Å². The first-order chi connectivity index (χ1) is 13.4. The van der Waals surface area contributed by atoms with Crippen molar-refractivity contribution in [1.29, 1.82) is 0 Å². The molecule has 146 valence electrons. The van der Waals surface area contributed by atoms with E-state index in [1.807, 2.05) is 0 Å². The molecule has 0 saturated heterocycles. The maximum atomic E-state index is 12.7. The molecule has 0 saturated carbocycles. The Balaban J connectivity index is 2.00. The lowest BCUT2D eigenvalue weighted by atomic mass is 10.1. The number of anilines is 1. The summed E-state index contributed by atoms with van der Waals surface area (Å²) in [6, 6.07) is 7.54. The first-order valence-electron chi connectivity index (χ1n) is 8.39. The number of fused-ring (bicyclic) bond motifs is 1. The third-order valence-electron chi connectivity index (χ3n) is 4.28. The quantitative estimate of drug-likeness (QED) is 0.681. The molecular formula is C19H18ClN3O5. The second-order valence-corrected chi connectivity index (χ2v) is 6.29. The van der Waals surface area contributed by atoms with Crippen molar-refractivity contribution in [3.8, 4) is 11.5 Å². The molecule has 0 aliphatic carbocycles. The minimum Gasteiger partial charge on any atom is -0.495 e. The van der Waals surface area contributed by atoms with Gasteiger partial charge in [0.25, 0.3) is 11.5 Å². The Hall–Kier alpha value is -3.26. The van der Waals surface area contributed by atoms with Gasteiger partial charge in [-0.05, 0) is 31.2 Å². The zero-order valence-corrected chi connectivity index (χ0v) is 16.2. The third-order valence-corrected chi connectivity index (χ3v) is 4.58. The number of methoxy groups -OCH3 is 2. The fourth-order valence-corrected chi connectivity index (χ4v) is 3.08. The molecule has 0 atom stereocenters. The largest absolute Gasteiger partial charge is 0.495 e. The number of carbonyl (C=O) groups is 1. The summed E-state index contributed by atoms with van der Waals surface area (Å²) in [5, 5.41) is 3.34. The van der Waals surface area contributed by atoms with Crippen LogP contribution in [0.2, 0.25) is 5.02 Å². The summed E-state index contributed by atoms with van der Waals surface area (Å²) in [4.78, 5) is 39.6. The minimum atomic E-state index is -0.527. The van der Waals surface area contributed by atoms with Gasteiger partial charge in [-0.15, -0.1) is 0 Å². The van der Waals surface area contributed by atoms with Crippen molar-refractivity contribution in [3.05, 3.63) is 61.8 Å². The van der Waals surface area contributed by atoms with Crippen molar-refractivity contribution in [2.45, 2.75) is 13.5 Å². The highest BCUT2D eigenvalue weighted by molar-refractivity contribution is 6.32. The molecule has 0 aliphatic heterocycles. The number of amides is 1. The van der Waals surface area contributed by atoms with Crippen LogP contribution in [0.3, 0.4) is 0 Å². The molecule has 0 bridgehead atoms. The Bertz CT molecular complexity index is 1180. The summed E-state index contributed by atoms with van der Waals surface area (Å²) in [7, 11) is 2.93. The van der Waals surface area contributed by atoms with E-state index in [4.69, 9.17) is 21.1 Å². The Morgan fingerprint density at radius 3 is 2.50 bits per heavy atom. The number of aromatic amines is 1. The first kappa shape index (κ1) is 19.5. The average molecular weight is 404 g/mol. The number of nitrogens with zero attached hydrogens (tertiary/aromatic N) is 1. The van der Waals surface area contributed by atoms with Gasteiger partial charge in [0.15, 0.2) is 0 Å². The van der Waals surface area contributed by atoms with Crippen LogP contribution in [0, 0.1) is 0 Å². The molecule has 2 aromatic carbocycles. The number of aromatic nitrogens is 2. The van der Waals surface area contributed by atoms with Crippen LogP contribution >= 0.6 is 11.6 Å². The summed E-state index contributed by atoms with van der Waals surface area (Å²) < 4.78 is 11.5. The molecule has 1 amide bonds. The highest BCUT2D eigenvalue weighted by Crippen LogP contribution is 2.36. The van der Waals surface area contributed by atoms with Gasteiger partial charge in [-0.1, -0.05) is 11.6 Å². The van der Waals surface area contributed by atoms with Gasteiger partial charge in [-0.25, -0.2) is 4.79 Å². The van der Waals surface area contributed by atoms with Crippen molar-refractivity contribution in [2.75, 3.05) is 19.5 Å². The number of carbonyl (C=O) groups excluding carboxylic acids is 1. The summed E-state index contributed by atoms with van der Waals surface area (Å²) in [6.07, 6.45) is 0. The topological polar surface area (TPSA) is 102 Å². The van der Waals surface area contributed by atoms with Gasteiger partial charge in [-0.3, -0.25) is 14.2 Å². The highest BCUT2D eigenvalue weighted by atomic mass is 35.5. The molecule has 1 aromatic heterocycles. The van der Waals surface area contributed by atoms with Gasteiger partial charge in [0.2, 0.25) is 0 Å². The number of hydrogen-bond acceptors (Lipinski definition) is 5. The summed E-state index contributed by atoms with van der Waals surface area (Å²) >= 11 is 6.12. The van der Waals surface area contributed by atoms with Crippen molar-refractivity contribution in [1.82, 2.24) is 9.55 Å². The van der Waals surface area contributed by atoms with Gasteiger partial charge in [0.1, 0.15) is 11.5 Å².